The summed E-state index contributed by atoms with van der Waals surface area (Å²) in [5.41, 5.74) is -3.43. The van der Waals surface area contributed by atoms with Crippen LogP contribution in [-0.4, -0.2) is 30.5 Å². The maximum Gasteiger partial charge on any atom is 0.446 e. The number of alkyl halides is 3. The van der Waals surface area contributed by atoms with Crippen LogP contribution in [0.1, 0.15) is 28.4 Å². The standard InChI is InChI=1S/C19H17F3O4S/c1-3-25-17(23)11-26-16-8-7-12(2)9-15(16)18(24)13-5-4-6-14(10-13)27-19(20,21)22/h4-10H,3,11H2,1-2H3. The van der Waals surface area contributed by atoms with Gasteiger partial charge in [-0.2, -0.15) is 13.2 Å². The number of esters is 1. The van der Waals surface area contributed by atoms with Crippen molar-refractivity contribution in [3.05, 3.63) is 59.2 Å². The molecule has 0 aliphatic heterocycles. The summed E-state index contributed by atoms with van der Waals surface area (Å²) >= 11 is -0.290. The Hall–Kier alpha value is -2.48. The maximum atomic E-state index is 12.8. The molecule has 2 rings (SSSR count). The lowest BCUT2D eigenvalue weighted by Crippen LogP contribution is -2.16. The van der Waals surface area contributed by atoms with Crippen LogP contribution in [0.3, 0.4) is 0 Å². The molecule has 4 nitrogen and oxygen atoms in total. The molecule has 0 aliphatic carbocycles. The third-order valence-electron chi connectivity index (χ3n) is 3.36. The molecule has 0 aliphatic rings. The first kappa shape index (κ1) is 20.8. The van der Waals surface area contributed by atoms with Crippen molar-refractivity contribution in [3.63, 3.8) is 0 Å². The molecule has 0 unspecified atom stereocenters. The van der Waals surface area contributed by atoms with Gasteiger partial charge >= 0.3 is 11.5 Å². The Bertz CT molecular complexity index is 834. The van der Waals surface area contributed by atoms with Crippen molar-refractivity contribution in [1.29, 1.82) is 0 Å². The van der Waals surface area contributed by atoms with Crippen molar-refractivity contribution >= 4 is 23.5 Å². The predicted molar refractivity (Wildman–Crippen MR) is 95.1 cm³/mol. The second-order valence-corrected chi connectivity index (χ2v) is 6.64. The number of carbonyl (C=O) groups is 2. The minimum absolute atomic E-state index is 0.0880. The van der Waals surface area contributed by atoms with Gasteiger partial charge in [-0.25, -0.2) is 4.79 Å². The SMILES string of the molecule is CCOC(=O)COc1ccc(C)cc1C(=O)c1cccc(SC(F)(F)F)c1. The number of thioether (sulfide) groups is 1. The summed E-state index contributed by atoms with van der Waals surface area (Å²) in [6, 6.07) is 10.1. The van der Waals surface area contributed by atoms with Gasteiger partial charge in [0.05, 0.1) is 12.2 Å². The average Bonchev–Trinajstić information content (AvgIpc) is 2.59. The normalized spacial score (nSPS) is 11.1. The molecule has 0 heterocycles. The van der Waals surface area contributed by atoms with Gasteiger partial charge in [-0.15, -0.1) is 0 Å². The highest BCUT2D eigenvalue weighted by molar-refractivity contribution is 8.00. The van der Waals surface area contributed by atoms with E-state index in [0.29, 0.717) is 0 Å². The van der Waals surface area contributed by atoms with Crippen molar-refractivity contribution in [2.24, 2.45) is 0 Å². The first-order valence-corrected chi connectivity index (χ1v) is 8.81. The number of carbonyl (C=O) groups excluding carboxylic acids is 2. The summed E-state index contributed by atoms with van der Waals surface area (Å²) in [6.07, 6.45) is 0. The highest BCUT2D eigenvalue weighted by atomic mass is 32.2. The van der Waals surface area contributed by atoms with Gasteiger partial charge < -0.3 is 9.47 Å². The Balaban J connectivity index is 2.28. The van der Waals surface area contributed by atoms with E-state index in [2.05, 4.69) is 0 Å². The highest BCUT2D eigenvalue weighted by Crippen LogP contribution is 2.37. The number of benzene rings is 2. The van der Waals surface area contributed by atoms with Gasteiger partial charge in [0.1, 0.15) is 5.75 Å². The molecule has 2 aromatic rings. The molecule has 0 N–H and O–H groups in total. The second kappa shape index (κ2) is 8.94. The van der Waals surface area contributed by atoms with E-state index in [-0.39, 0.29) is 46.7 Å². The second-order valence-electron chi connectivity index (χ2n) is 5.50. The minimum atomic E-state index is -4.45. The molecule has 0 atom stereocenters. The highest BCUT2D eigenvalue weighted by Gasteiger charge is 2.29. The zero-order valence-electron chi connectivity index (χ0n) is 14.6. The predicted octanol–water partition coefficient (Wildman–Crippen LogP) is 4.78. The van der Waals surface area contributed by atoms with E-state index >= 15 is 0 Å². The molecule has 0 saturated heterocycles. The van der Waals surface area contributed by atoms with Crippen LogP contribution in [0.5, 0.6) is 5.75 Å². The summed E-state index contributed by atoms with van der Waals surface area (Å²) in [7, 11) is 0. The Morgan fingerprint density at radius 1 is 1.11 bits per heavy atom. The zero-order chi connectivity index (χ0) is 20.0. The molecule has 0 radical (unpaired) electrons. The first-order chi connectivity index (χ1) is 12.7. The van der Waals surface area contributed by atoms with Crippen LogP contribution >= 0.6 is 11.8 Å². The summed E-state index contributed by atoms with van der Waals surface area (Å²) in [5, 5.41) is 0. The number of aryl methyl sites for hydroxylation is 1. The quantitative estimate of drug-likeness (QED) is 0.382. The molecule has 0 aromatic heterocycles. The van der Waals surface area contributed by atoms with Crippen LogP contribution in [0.2, 0.25) is 0 Å². The van der Waals surface area contributed by atoms with E-state index < -0.39 is 17.3 Å². The number of hydrogen-bond donors (Lipinski definition) is 0. The van der Waals surface area contributed by atoms with Crippen LogP contribution < -0.4 is 4.74 Å². The first-order valence-electron chi connectivity index (χ1n) is 7.99. The molecule has 2 aromatic carbocycles. The Morgan fingerprint density at radius 2 is 1.85 bits per heavy atom. The molecule has 144 valence electrons. The van der Waals surface area contributed by atoms with Crippen LogP contribution in [0.4, 0.5) is 13.2 Å². The van der Waals surface area contributed by atoms with Crippen LogP contribution in [0, 0.1) is 6.92 Å². The third kappa shape index (κ3) is 6.32. The van der Waals surface area contributed by atoms with Gasteiger partial charge in [-0.3, -0.25) is 4.79 Å². The molecule has 0 spiro atoms. The van der Waals surface area contributed by atoms with E-state index in [1.54, 1.807) is 26.0 Å². The smallest absolute Gasteiger partial charge is 0.446 e. The summed E-state index contributed by atoms with van der Waals surface area (Å²) in [4.78, 5) is 24.2. The van der Waals surface area contributed by atoms with E-state index in [4.69, 9.17) is 9.47 Å². The van der Waals surface area contributed by atoms with E-state index in [9.17, 15) is 22.8 Å². The van der Waals surface area contributed by atoms with Crippen molar-refractivity contribution in [2.75, 3.05) is 13.2 Å². The minimum Gasteiger partial charge on any atom is -0.481 e. The molecule has 0 fully saturated rings. The van der Waals surface area contributed by atoms with E-state index in [1.807, 2.05) is 0 Å². The number of halogens is 3. The number of rotatable bonds is 7. The fourth-order valence-corrected chi connectivity index (χ4v) is 2.88. The lowest BCUT2D eigenvalue weighted by Gasteiger charge is -2.12. The summed E-state index contributed by atoms with van der Waals surface area (Å²) < 4.78 is 47.9. The topological polar surface area (TPSA) is 52.6 Å². The Labute approximate surface area is 158 Å². The number of ether oxygens (including phenoxy) is 2. The van der Waals surface area contributed by atoms with Crippen molar-refractivity contribution in [2.45, 2.75) is 24.3 Å². The van der Waals surface area contributed by atoms with Gasteiger partial charge in [-0.1, -0.05) is 23.8 Å². The Kier molecular flexibility index (Phi) is 6.90. The maximum absolute atomic E-state index is 12.8. The molecule has 0 bridgehead atoms. The Morgan fingerprint density at radius 3 is 2.52 bits per heavy atom. The third-order valence-corrected chi connectivity index (χ3v) is 4.08. The molecule has 0 saturated carbocycles. The number of hydrogen-bond acceptors (Lipinski definition) is 5. The lowest BCUT2D eigenvalue weighted by molar-refractivity contribution is -0.145. The van der Waals surface area contributed by atoms with E-state index in [0.717, 1.165) is 5.56 Å². The molecular weight excluding hydrogens is 381 g/mol. The number of ketones is 1. The fourth-order valence-electron chi connectivity index (χ4n) is 2.28. The van der Waals surface area contributed by atoms with Crippen LogP contribution in [-0.2, 0) is 9.53 Å². The zero-order valence-corrected chi connectivity index (χ0v) is 15.4. The van der Waals surface area contributed by atoms with Crippen LogP contribution in [0.25, 0.3) is 0 Å². The van der Waals surface area contributed by atoms with Crippen molar-refractivity contribution in [1.82, 2.24) is 0 Å². The van der Waals surface area contributed by atoms with Crippen molar-refractivity contribution < 1.29 is 32.2 Å². The van der Waals surface area contributed by atoms with E-state index in [1.165, 1.54) is 30.3 Å². The molecule has 8 heteroatoms. The largest absolute Gasteiger partial charge is 0.481 e. The summed E-state index contributed by atoms with van der Waals surface area (Å²) in [6.45, 7) is 3.25. The molecular formula is C19H17F3O4S. The van der Waals surface area contributed by atoms with Gasteiger partial charge in [0, 0.05) is 10.5 Å². The van der Waals surface area contributed by atoms with Gasteiger partial charge in [0.2, 0.25) is 0 Å². The average molecular weight is 398 g/mol. The van der Waals surface area contributed by atoms with Gasteiger partial charge in [0.25, 0.3) is 0 Å². The lowest BCUT2D eigenvalue weighted by atomic mass is 10.0. The van der Waals surface area contributed by atoms with Gasteiger partial charge in [0.15, 0.2) is 12.4 Å². The monoisotopic (exact) mass is 398 g/mol. The van der Waals surface area contributed by atoms with Crippen LogP contribution in [0.15, 0.2) is 47.4 Å². The van der Waals surface area contributed by atoms with Gasteiger partial charge in [-0.05, 0) is 49.9 Å². The molecule has 27 heavy (non-hydrogen) atoms. The van der Waals surface area contributed by atoms with Crippen molar-refractivity contribution in [3.8, 4) is 5.75 Å². The fraction of sp³-hybridized carbons (Fsp3) is 0.263. The molecule has 0 amide bonds. The summed E-state index contributed by atoms with van der Waals surface area (Å²) in [5.74, 6) is -0.922.